The summed E-state index contributed by atoms with van der Waals surface area (Å²) >= 11 is 0. The van der Waals surface area contributed by atoms with E-state index in [9.17, 15) is 9.00 Å². The largest absolute Gasteiger partial charge is 0.371 e. The van der Waals surface area contributed by atoms with E-state index in [0.29, 0.717) is 16.1 Å². The molecule has 3 aromatic rings. The summed E-state index contributed by atoms with van der Waals surface area (Å²) < 4.78 is 18.4. The average molecular weight is 372 g/mol. The zero-order chi connectivity index (χ0) is 18.3. The van der Waals surface area contributed by atoms with Crippen molar-refractivity contribution in [3.63, 3.8) is 0 Å². The minimum absolute atomic E-state index is 0.401. The molecule has 1 N–H and O–H groups in total. The van der Waals surface area contributed by atoms with E-state index in [0.717, 1.165) is 24.6 Å². The van der Waals surface area contributed by atoms with Crippen LogP contribution < -0.4 is 9.62 Å². The number of nitrogens with one attached hydrogen (secondary N) is 1. The number of anilines is 1. The van der Waals surface area contributed by atoms with E-state index in [2.05, 4.69) is 19.7 Å². The van der Waals surface area contributed by atoms with Crippen molar-refractivity contribution >= 4 is 28.1 Å². The van der Waals surface area contributed by atoms with Crippen LogP contribution in [0, 0.1) is 6.92 Å². The monoisotopic (exact) mass is 372 g/mol. The summed E-state index contributed by atoms with van der Waals surface area (Å²) in [7, 11) is 0.0776. The molecule has 9 heteroatoms. The minimum atomic E-state index is -1.69. The van der Waals surface area contributed by atoms with E-state index in [-0.39, 0.29) is 0 Å². The molecule has 1 saturated heterocycles. The molecular weight excluding hydrogens is 352 g/mol. The number of imidazole rings is 1. The molecule has 8 nitrogen and oxygen atoms in total. The third-order valence-electron chi connectivity index (χ3n) is 4.77. The van der Waals surface area contributed by atoms with Gasteiger partial charge in [-0.05, 0) is 31.9 Å². The Kier molecular flexibility index (Phi) is 4.23. The smallest absolute Gasteiger partial charge is 0.267 e. The number of pyridine rings is 1. The predicted molar refractivity (Wildman–Crippen MR) is 98.5 cm³/mol. The highest BCUT2D eigenvalue weighted by Gasteiger charge is 2.20. The molecule has 0 spiro atoms. The first kappa shape index (κ1) is 16.8. The molecule has 4 rings (SSSR count). The molecule has 1 aliphatic heterocycles. The maximum Gasteiger partial charge on any atom is 0.267 e. The Balaban J connectivity index is 1.61. The normalized spacial score (nSPS) is 15.5. The second-order valence-electron chi connectivity index (χ2n) is 6.37. The second-order valence-corrected chi connectivity index (χ2v) is 7.53. The van der Waals surface area contributed by atoms with Gasteiger partial charge in [0.1, 0.15) is 10.9 Å². The van der Waals surface area contributed by atoms with Crippen LogP contribution in [0.2, 0.25) is 0 Å². The molecule has 1 unspecified atom stereocenters. The van der Waals surface area contributed by atoms with Gasteiger partial charge in [0.25, 0.3) is 5.91 Å². The van der Waals surface area contributed by atoms with E-state index >= 15 is 0 Å². The van der Waals surface area contributed by atoms with Gasteiger partial charge in [0.15, 0.2) is 11.0 Å². The Hall–Kier alpha value is -2.68. The van der Waals surface area contributed by atoms with Crippen molar-refractivity contribution in [3.8, 4) is 0 Å². The zero-order valence-electron chi connectivity index (χ0n) is 14.7. The summed E-state index contributed by atoms with van der Waals surface area (Å²) in [5.41, 5.74) is 2.18. The van der Waals surface area contributed by atoms with Crippen LogP contribution in [0.4, 0.5) is 5.69 Å². The fraction of sp³-hybridized carbons (Fsp3) is 0.353. The van der Waals surface area contributed by atoms with Crippen molar-refractivity contribution in [2.24, 2.45) is 7.05 Å². The van der Waals surface area contributed by atoms with Crippen LogP contribution in [0.5, 0.6) is 0 Å². The molecule has 4 heterocycles. The molecule has 136 valence electrons. The Bertz CT molecular complexity index is 1000. The third kappa shape index (κ3) is 2.88. The number of carbonyl (C=O) groups excluding carboxylic acids is 1. The van der Waals surface area contributed by atoms with Gasteiger partial charge in [-0.1, -0.05) is 0 Å². The van der Waals surface area contributed by atoms with Crippen molar-refractivity contribution in [2.75, 3.05) is 18.0 Å². The average Bonchev–Trinajstić information content (AvgIpc) is 3.35. The van der Waals surface area contributed by atoms with Crippen molar-refractivity contribution in [2.45, 2.75) is 24.8 Å². The Labute approximate surface area is 153 Å². The zero-order valence-corrected chi connectivity index (χ0v) is 15.5. The van der Waals surface area contributed by atoms with E-state index in [1.54, 1.807) is 16.1 Å². The third-order valence-corrected chi connectivity index (χ3v) is 5.90. The van der Waals surface area contributed by atoms with Crippen LogP contribution in [0.15, 0.2) is 35.7 Å². The van der Waals surface area contributed by atoms with Crippen LogP contribution in [0.1, 0.15) is 29.0 Å². The maximum absolute atomic E-state index is 12.7. The van der Waals surface area contributed by atoms with E-state index in [4.69, 9.17) is 0 Å². The molecule has 3 aromatic heterocycles. The lowest BCUT2D eigenvalue weighted by Crippen LogP contribution is -2.27. The molecule has 0 aliphatic carbocycles. The molecule has 0 aromatic carbocycles. The van der Waals surface area contributed by atoms with Crippen molar-refractivity contribution in [3.05, 3.63) is 42.1 Å². The highest BCUT2D eigenvalue weighted by atomic mass is 32.2. The van der Waals surface area contributed by atoms with Gasteiger partial charge >= 0.3 is 0 Å². The molecule has 1 atom stereocenters. The maximum atomic E-state index is 12.7. The quantitative estimate of drug-likeness (QED) is 0.749. The number of hydrogen-bond donors (Lipinski definition) is 1. The Morgan fingerprint density at radius 3 is 2.73 bits per heavy atom. The summed E-state index contributed by atoms with van der Waals surface area (Å²) in [4.78, 5) is 19.1. The number of fused-ring (bicyclic) bond motifs is 1. The standard InChI is InChI=1S/C17H20N6O2S/c1-12-18-11-16(21(12)2)26(25)20-17(24)14-10-19-23-8-5-13(9-15(14)23)22-6-3-4-7-22/h5,8-11H,3-4,6-7H2,1-2H3,(H,20,24). The molecular formula is C17H20N6O2S. The fourth-order valence-electron chi connectivity index (χ4n) is 3.16. The Morgan fingerprint density at radius 1 is 1.27 bits per heavy atom. The van der Waals surface area contributed by atoms with E-state index < -0.39 is 16.9 Å². The fourth-order valence-corrected chi connectivity index (χ4v) is 4.07. The highest BCUT2D eigenvalue weighted by molar-refractivity contribution is 7.83. The van der Waals surface area contributed by atoms with Gasteiger partial charge in [0.05, 0.1) is 23.5 Å². The summed E-state index contributed by atoms with van der Waals surface area (Å²) in [5, 5.41) is 4.68. The molecule has 1 aliphatic rings. The van der Waals surface area contributed by atoms with Gasteiger partial charge in [-0.15, -0.1) is 0 Å². The van der Waals surface area contributed by atoms with Gasteiger partial charge < -0.3 is 9.47 Å². The van der Waals surface area contributed by atoms with Crippen molar-refractivity contribution < 1.29 is 9.00 Å². The van der Waals surface area contributed by atoms with Crippen LogP contribution >= 0.6 is 0 Å². The number of amides is 1. The first-order valence-electron chi connectivity index (χ1n) is 8.48. The Morgan fingerprint density at radius 2 is 2.04 bits per heavy atom. The first-order valence-corrected chi connectivity index (χ1v) is 9.63. The number of carbonyl (C=O) groups is 1. The van der Waals surface area contributed by atoms with Gasteiger partial charge in [0.2, 0.25) is 0 Å². The second kappa shape index (κ2) is 6.56. The number of aromatic nitrogens is 4. The predicted octanol–water partition coefficient (Wildman–Crippen LogP) is 1.43. The lowest BCUT2D eigenvalue weighted by Gasteiger charge is -2.17. The van der Waals surface area contributed by atoms with Crippen LogP contribution in [0.25, 0.3) is 5.52 Å². The molecule has 26 heavy (non-hydrogen) atoms. The molecule has 0 bridgehead atoms. The van der Waals surface area contributed by atoms with Crippen LogP contribution in [0.3, 0.4) is 0 Å². The number of rotatable bonds is 4. The molecule has 1 amide bonds. The summed E-state index contributed by atoms with van der Waals surface area (Å²) in [6, 6.07) is 3.97. The van der Waals surface area contributed by atoms with Gasteiger partial charge in [0, 0.05) is 32.0 Å². The minimum Gasteiger partial charge on any atom is -0.371 e. The highest BCUT2D eigenvalue weighted by Crippen LogP contribution is 2.23. The van der Waals surface area contributed by atoms with Gasteiger partial charge in [-0.25, -0.2) is 13.7 Å². The van der Waals surface area contributed by atoms with E-state index in [1.165, 1.54) is 25.2 Å². The number of hydrogen-bond acceptors (Lipinski definition) is 5. The molecule has 0 saturated carbocycles. The van der Waals surface area contributed by atoms with E-state index in [1.807, 2.05) is 25.3 Å². The van der Waals surface area contributed by atoms with Gasteiger partial charge in [-0.3, -0.25) is 9.52 Å². The number of nitrogens with zero attached hydrogens (tertiary/aromatic N) is 5. The van der Waals surface area contributed by atoms with Crippen LogP contribution in [-0.4, -0.2) is 42.4 Å². The van der Waals surface area contributed by atoms with Gasteiger partial charge in [-0.2, -0.15) is 5.10 Å². The SMILES string of the molecule is Cc1ncc(S(=O)NC(=O)c2cnn3ccc(N4CCCC4)cc23)n1C. The summed E-state index contributed by atoms with van der Waals surface area (Å²) in [6.07, 6.45) is 7.22. The summed E-state index contributed by atoms with van der Waals surface area (Å²) in [6.45, 7) is 3.86. The lowest BCUT2D eigenvalue weighted by molar-refractivity contribution is 0.0984. The van der Waals surface area contributed by atoms with Crippen molar-refractivity contribution in [1.29, 1.82) is 0 Å². The number of aryl methyl sites for hydroxylation is 1. The van der Waals surface area contributed by atoms with Crippen molar-refractivity contribution in [1.82, 2.24) is 23.9 Å². The topological polar surface area (TPSA) is 84.5 Å². The van der Waals surface area contributed by atoms with Crippen LogP contribution in [-0.2, 0) is 18.0 Å². The lowest BCUT2D eigenvalue weighted by atomic mass is 10.2. The first-order chi connectivity index (χ1) is 12.5. The summed E-state index contributed by atoms with van der Waals surface area (Å²) in [5.74, 6) is 0.310. The molecule has 0 radical (unpaired) electrons. The molecule has 1 fully saturated rings.